The summed E-state index contributed by atoms with van der Waals surface area (Å²) in [7, 11) is 0. The van der Waals surface area contributed by atoms with Crippen molar-refractivity contribution in [3.8, 4) is 0 Å². The molecular weight excluding hydrogens is 238 g/mol. The van der Waals surface area contributed by atoms with Gasteiger partial charge in [0, 0.05) is 12.2 Å². The molecule has 0 aliphatic heterocycles. The number of aryl methyl sites for hydroxylation is 4. The molecule has 0 saturated carbocycles. The highest BCUT2D eigenvalue weighted by molar-refractivity contribution is 6.03. The first kappa shape index (κ1) is 13.3. The molecule has 0 atom stereocenters. The Balaban J connectivity index is 2.22. The predicted molar refractivity (Wildman–Crippen MR) is 76.5 cm³/mol. The lowest BCUT2D eigenvalue weighted by molar-refractivity contribution is 0.101. The number of hydrogen-bond acceptors (Lipinski definition) is 2. The number of hydrogen-bond donors (Lipinski definition) is 1. The minimum Gasteiger partial charge on any atom is -0.321 e. The van der Waals surface area contributed by atoms with Crippen LogP contribution in [0.15, 0.2) is 24.3 Å². The molecule has 0 fully saturated rings. The van der Waals surface area contributed by atoms with Gasteiger partial charge in [-0.1, -0.05) is 6.07 Å². The molecule has 0 bridgehead atoms. The number of nitrogens with one attached hydrogen (secondary N) is 1. The van der Waals surface area contributed by atoms with E-state index >= 15 is 0 Å². The second-order valence-electron chi connectivity index (χ2n) is 4.74. The Morgan fingerprint density at radius 2 is 1.95 bits per heavy atom. The highest BCUT2D eigenvalue weighted by Crippen LogP contribution is 2.15. The van der Waals surface area contributed by atoms with Crippen molar-refractivity contribution < 1.29 is 4.79 Å². The number of anilines is 1. The van der Waals surface area contributed by atoms with Gasteiger partial charge in [-0.15, -0.1) is 0 Å². The molecule has 1 aromatic carbocycles. The van der Waals surface area contributed by atoms with Gasteiger partial charge in [-0.25, -0.2) is 0 Å². The van der Waals surface area contributed by atoms with Crippen LogP contribution >= 0.6 is 0 Å². The maximum atomic E-state index is 12.2. The van der Waals surface area contributed by atoms with Crippen LogP contribution in [0.5, 0.6) is 0 Å². The van der Waals surface area contributed by atoms with Crippen LogP contribution in [0.3, 0.4) is 0 Å². The average Bonchev–Trinajstić information content (AvgIpc) is 2.75. The van der Waals surface area contributed by atoms with Gasteiger partial charge in [0.2, 0.25) is 0 Å². The Labute approximate surface area is 113 Å². The zero-order chi connectivity index (χ0) is 14.0. The Morgan fingerprint density at radius 1 is 1.21 bits per heavy atom. The van der Waals surface area contributed by atoms with Gasteiger partial charge in [0.25, 0.3) is 5.91 Å². The molecule has 19 heavy (non-hydrogen) atoms. The van der Waals surface area contributed by atoms with E-state index in [2.05, 4.69) is 17.3 Å². The molecule has 0 saturated heterocycles. The molecule has 1 heterocycles. The summed E-state index contributed by atoms with van der Waals surface area (Å²) in [6.45, 7) is 8.63. The third kappa shape index (κ3) is 2.84. The minimum atomic E-state index is -0.120. The lowest BCUT2D eigenvalue weighted by Crippen LogP contribution is -2.17. The second-order valence-corrected chi connectivity index (χ2v) is 4.74. The lowest BCUT2D eigenvalue weighted by atomic mass is 10.1. The maximum Gasteiger partial charge on any atom is 0.273 e. The van der Waals surface area contributed by atoms with Crippen molar-refractivity contribution in [1.29, 1.82) is 0 Å². The Bertz CT molecular complexity index is 614. The molecule has 0 spiro atoms. The first-order valence-corrected chi connectivity index (χ1v) is 6.44. The van der Waals surface area contributed by atoms with E-state index in [0.29, 0.717) is 12.2 Å². The normalized spacial score (nSPS) is 10.5. The number of rotatable bonds is 3. The van der Waals surface area contributed by atoms with E-state index in [9.17, 15) is 4.79 Å². The number of carbonyl (C=O) groups excluding carboxylic acids is 1. The maximum absolute atomic E-state index is 12.2. The summed E-state index contributed by atoms with van der Waals surface area (Å²) in [6.07, 6.45) is 0. The van der Waals surface area contributed by atoms with Crippen molar-refractivity contribution in [1.82, 2.24) is 9.78 Å². The van der Waals surface area contributed by atoms with Crippen LogP contribution < -0.4 is 5.32 Å². The predicted octanol–water partition coefficient (Wildman–Crippen LogP) is 3.08. The monoisotopic (exact) mass is 257 g/mol. The summed E-state index contributed by atoms with van der Waals surface area (Å²) in [5.41, 5.74) is 4.64. The third-order valence-electron chi connectivity index (χ3n) is 3.20. The van der Waals surface area contributed by atoms with Crippen molar-refractivity contribution in [3.05, 3.63) is 46.8 Å². The van der Waals surface area contributed by atoms with Gasteiger partial charge in [0.15, 0.2) is 0 Å². The third-order valence-corrected chi connectivity index (χ3v) is 3.20. The molecule has 0 radical (unpaired) electrons. The Kier molecular flexibility index (Phi) is 3.69. The van der Waals surface area contributed by atoms with Crippen LogP contribution in [0.2, 0.25) is 0 Å². The zero-order valence-corrected chi connectivity index (χ0v) is 11.8. The van der Waals surface area contributed by atoms with Gasteiger partial charge in [-0.05, 0) is 57.0 Å². The molecule has 2 aromatic rings. The number of carbonyl (C=O) groups is 1. The van der Waals surface area contributed by atoms with Crippen molar-refractivity contribution in [2.75, 3.05) is 5.32 Å². The molecule has 0 aliphatic carbocycles. The smallest absolute Gasteiger partial charge is 0.273 e. The first-order valence-electron chi connectivity index (χ1n) is 6.44. The zero-order valence-electron chi connectivity index (χ0n) is 11.8. The summed E-state index contributed by atoms with van der Waals surface area (Å²) in [5, 5.41) is 7.19. The van der Waals surface area contributed by atoms with Crippen LogP contribution in [-0.2, 0) is 6.54 Å². The standard InChI is InChI=1S/C15H19N3O/c1-5-18-14(9-12(4)17-18)15(19)16-13-7-6-10(2)11(3)8-13/h6-9H,5H2,1-4H3,(H,16,19). The van der Waals surface area contributed by atoms with Gasteiger partial charge >= 0.3 is 0 Å². The fraction of sp³-hybridized carbons (Fsp3) is 0.333. The summed E-state index contributed by atoms with van der Waals surface area (Å²) in [4.78, 5) is 12.2. The van der Waals surface area contributed by atoms with Gasteiger partial charge in [-0.3, -0.25) is 9.48 Å². The Hall–Kier alpha value is -2.10. The van der Waals surface area contributed by atoms with Crippen LogP contribution in [0, 0.1) is 20.8 Å². The quantitative estimate of drug-likeness (QED) is 0.918. The van der Waals surface area contributed by atoms with Gasteiger partial charge in [0.05, 0.1) is 5.69 Å². The molecular formula is C15H19N3O. The van der Waals surface area contributed by atoms with Crippen molar-refractivity contribution in [3.63, 3.8) is 0 Å². The van der Waals surface area contributed by atoms with Crippen LogP contribution in [0.1, 0.15) is 34.2 Å². The van der Waals surface area contributed by atoms with Crippen LogP contribution in [0.25, 0.3) is 0 Å². The topological polar surface area (TPSA) is 46.9 Å². The molecule has 0 unspecified atom stereocenters. The van der Waals surface area contributed by atoms with E-state index in [4.69, 9.17) is 0 Å². The molecule has 1 N–H and O–H groups in total. The van der Waals surface area contributed by atoms with E-state index in [1.54, 1.807) is 10.7 Å². The fourth-order valence-corrected chi connectivity index (χ4v) is 1.98. The number of aromatic nitrogens is 2. The van der Waals surface area contributed by atoms with Gasteiger partial charge in [0.1, 0.15) is 5.69 Å². The molecule has 1 amide bonds. The largest absolute Gasteiger partial charge is 0.321 e. The lowest BCUT2D eigenvalue weighted by Gasteiger charge is -2.08. The van der Waals surface area contributed by atoms with Crippen molar-refractivity contribution in [2.24, 2.45) is 0 Å². The molecule has 0 aliphatic rings. The second kappa shape index (κ2) is 5.26. The highest BCUT2D eigenvalue weighted by atomic mass is 16.2. The molecule has 4 nitrogen and oxygen atoms in total. The molecule has 2 rings (SSSR count). The van der Waals surface area contributed by atoms with Gasteiger partial charge in [-0.2, -0.15) is 5.10 Å². The molecule has 1 aromatic heterocycles. The molecule has 100 valence electrons. The van der Waals surface area contributed by atoms with E-state index in [1.165, 1.54) is 5.56 Å². The van der Waals surface area contributed by atoms with E-state index in [1.807, 2.05) is 39.0 Å². The summed E-state index contributed by atoms with van der Waals surface area (Å²) in [5.74, 6) is -0.120. The number of benzene rings is 1. The van der Waals surface area contributed by atoms with Crippen LogP contribution in [0.4, 0.5) is 5.69 Å². The highest BCUT2D eigenvalue weighted by Gasteiger charge is 2.13. The van der Waals surface area contributed by atoms with E-state index < -0.39 is 0 Å². The van der Waals surface area contributed by atoms with E-state index in [0.717, 1.165) is 16.9 Å². The van der Waals surface area contributed by atoms with Crippen molar-refractivity contribution in [2.45, 2.75) is 34.2 Å². The minimum absolute atomic E-state index is 0.120. The van der Waals surface area contributed by atoms with E-state index in [-0.39, 0.29) is 5.91 Å². The molecule has 4 heteroatoms. The van der Waals surface area contributed by atoms with Gasteiger partial charge < -0.3 is 5.32 Å². The SMILES string of the molecule is CCn1nc(C)cc1C(=O)Nc1ccc(C)c(C)c1. The summed E-state index contributed by atoms with van der Waals surface area (Å²) >= 11 is 0. The summed E-state index contributed by atoms with van der Waals surface area (Å²) in [6, 6.07) is 7.71. The number of amides is 1. The first-order chi connectivity index (χ1) is 9.01. The number of nitrogens with zero attached hydrogens (tertiary/aromatic N) is 2. The Morgan fingerprint density at radius 3 is 2.58 bits per heavy atom. The van der Waals surface area contributed by atoms with Crippen LogP contribution in [-0.4, -0.2) is 15.7 Å². The van der Waals surface area contributed by atoms with Crippen molar-refractivity contribution >= 4 is 11.6 Å². The average molecular weight is 257 g/mol. The fourth-order valence-electron chi connectivity index (χ4n) is 1.98. The summed E-state index contributed by atoms with van der Waals surface area (Å²) < 4.78 is 1.71.